The molecule has 3 aromatic heterocycles. The fourth-order valence-electron chi connectivity index (χ4n) is 2.60. The van der Waals surface area contributed by atoms with Crippen LogP contribution >= 0.6 is 11.8 Å². The Morgan fingerprint density at radius 2 is 1.93 bits per heavy atom. The number of ether oxygens (including phenoxy) is 1. The Labute approximate surface area is 161 Å². The van der Waals surface area contributed by atoms with Crippen LogP contribution in [0.4, 0.5) is 8.78 Å². The number of halogens is 2. The van der Waals surface area contributed by atoms with Crippen molar-refractivity contribution in [2.24, 2.45) is 0 Å². The molecular weight excluding hydrogens is 390 g/mol. The number of nitrogens with zero attached hydrogens (tertiary/aromatic N) is 8. The van der Waals surface area contributed by atoms with Crippen molar-refractivity contribution in [3.8, 4) is 11.4 Å². The number of benzene rings is 1. The molecule has 0 unspecified atom stereocenters. The molecule has 12 heteroatoms. The van der Waals surface area contributed by atoms with E-state index >= 15 is 0 Å². The molecule has 0 aliphatic carbocycles. The van der Waals surface area contributed by atoms with Crippen LogP contribution in [0.2, 0.25) is 0 Å². The molecule has 144 valence electrons. The third-order valence-corrected chi connectivity index (χ3v) is 4.60. The maximum absolute atomic E-state index is 12.3. The molecule has 0 spiro atoms. The Morgan fingerprint density at radius 1 is 1.14 bits per heavy atom. The van der Waals surface area contributed by atoms with Crippen molar-refractivity contribution in [3.63, 3.8) is 0 Å². The molecule has 1 aromatic carbocycles. The second kappa shape index (κ2) is 7.46. The molecule has 0 atom stereocenters. The molecule has 0 aliphatic rings. The van der Waals surface area contributed by atoms with Crippen molar-refractivity contribution in [1.29, 1.82) is 0 Å². The molecule has 0 saturated heterocycles. The zero-order valence-corrected chi connectivity index (χ0v) is 15.6. The van der Waals surface area contributed by atoms with Crippen molar-refractivity contribution in [3.05, 3.63) is 47.5 Å². The number of aromatic nitrogens is 8. The third-order valence-electron chi connectivity index (χ3n) is 3.77. The molecule has 0 fully saturated rings. The van der Waals surface area contributed by atoms with Crippen molar-refractivity contribution in [2.75, 3.05) is 0 Å². The number of aryl methyl sites for hydroxylation is 2. The number of rotatable bonds is 6. The highest BCUT2D eigenvalue weighted by Gasteiger charge is 2.13. The van der Waals surface area contributed by atoms with Crippen molar-refractivity contribution >= 4 is 17.5 Å². The molecule has 28 heavy (non-hydrogen) atoms. The lowest BCUT2D eigenvalue weighted by Crippen LogP contribution is -2.04. The van der Waals surface area contributed by atoms with Gasteiger partial charge in [-0.05, 0) is 54.6 Å². The highest BCUT2D eigenvalue weighted by atomic mass is 32.2. The lowest BCUT2D eigenvalue weighted by Gasteiger charge is -2.06. The summed E-state index contributed by atoms with van der Waals surface area (Å²) >= 11 is 1.37. The molecule has 0 bridgehead atoms. The van der Waals surface area contributed by atoms with Gasteiger partial charge in [-0.1, -0.05) is 11.8 Å². The fraction of sp³-hybridized carbons (Fsp3) is 0.250. The van der Waals surface area contributed by atoms with E-state index in [9.17, 15) is 8.78 Å². The molecule has 0 N–H and O–H groups in total. The Morgan fingerprint density at radius 3 is 2.68 bits per heavy atom. The summed E-state index contributed by atoms with van der Waals surface area (Å²) in [6.45, 7) is 0.971. The number of thioether (sulfide) groups is 1. The topological polar surface area (TPSA) is 95.9 Å². The van der Waals surface area contributed by atoms with Gasteiger partial charge in [-0.3, -0.25) is 0 Å². The normalized spacial score (nSPS) is 11.5. The minimum Gasteiger partial charge on any atom is -0.435 e. The lowest BCUT2D eigenvalue weighted by atomic mass is 10.3. The largest absolute Gasteiger partial charge is 0.435 e. The van der Waals surface area contributed by atoms with Crippen LogP contribution in [0.15, 0.2) is 35.5 Å². The highest BCUT2D eigenvalue weighted by Crippen LogP contribution is 2.22. The standard InChI is InChI=1S/C16H14F2N8OS/c1-9-7-10(2)25-15(19-9)20-16(22-25)28-8-13-21-23-24-26(13)11-3-5-12(6-4-11)27-14(17)18/h3-7,14H,8H2,1-2H3. The van der Waals surface area contributed by atoms with Crippen LogP contribution < -0.4 is 4.74 Å². The van der Waals surface area contributed by atoms with E-state index < -0.39 is 6.61 Å². The first kappa shape index (κ1) is 18.2. The molecule has 0 amide bonds. The summed E-state index contributed by atoms with van der Waals surface area (Å²) in [6, 6.07) is 7.99. The number of alkyl halides is 2. The Balaban J connectivity index is 1.51. The van der Waals surface area contributed by atoms with Crippen molar-refractivity contribution < 1.29 is 13.5 Å². The summed E-state index contributed by atoms with van der Waals surface area (Å²) in [5.74, 6) is 1.58. The second-order valence-electron chi connectivity index (χ2n) is 5.81. The van der Waals surface area contributed by atoms with E-state index in [1.807, 2.05) is 19.9 Å². The van der Waals surface area contributed by atoms with Crippen molar-refractivity contribution in [2.45, 2.75) is 31.4 Å². The summed E-state index contributed by atoms with van der Waals surface area (Å²) in [6.07, 6.45) is 0. The number of hydrogen-bond acceptors (Lipinski definition) is 8. The SMILES string of the molecule is Cc1cc(C)n2nc(SCc3nnnn3-c3ccc(OC(F)F)cc3)nc2n1. The molecular formula is C16H14F2N8OS. The van der Waals surface area contributed by atoms with Crippen LogP contribution in [-0.2, 0) is 5.75 Å². The predicted octanol–water partition coefficient (Wildman–Crippen LogP) is 2.61. The molecule has 9 nitrogen and oxygen atoms in total. The summed E-state index contributed by atoms with van der Waals surface area (Å²) in [7, 11) is 0. The summed E-state index contributed by atoms with van der Waals surface area (Å²) in [5.41, 5.74) is 2.44. The van der Waals surface area contributed by atoms with Crippen LogP contribution in [0, 0.1) is 13.8 Å². The maximum atomic E-state index is 12.3. The monoisotopic (exact) mass is 404 g/mol. The first-order valence-electron chi connectivity index (χ1n) is 8.16. The van der Waals surface area contributed by atoms with E-state index in [1.165, 1.54) is 28.6 Å². The molecule has 0 aliphatic heterocycles. The average molecular weight is 404 g/mol. The van der Waals surface area contributed by atoms with E-state index in [1.54, 1.807) is 16.6 Å². The van der Waals surface area contributed by atoms with Gasteiger partial charge in [0.1, 0.15) is 5.75 Å². The highest BCUT2D eigenvalue weighted by molar-refractivity contribution is 7.98. The van der Waals surface area contributed by atoms with E-state index in [2.05, 4.69) is 35.3 Å². The van der Waals surface area contributed by atoms with E-state index in [-0.39, 0.29) is 5.75 Å². The molecule has 0 saturated carbocycles. The van der Waals surface area contributed by atoms with E-state index in [0.717, 1.165) is 11.4 Å². The number of fused-ring (bicyclic) bond motifs is 1. The maximum Gasteiger partial charge on any atom is 0.387 e. The summed E-state index contributed by atoms with van der Waals surface area (Å²) in [5, 5.41) is 16.6. The quantitative estimate of drug-likeness (QED) is 0.453. The number of tetrazole rings is 1. The van der Waals surface area contributed by atoms with Crippen LogP contribution in [0.1, 0.15) is 17.2 Å². The average Bonchev–Trinajstić information content (AvgIpc) is 3.26. The smallest absolute Gasteiger partial charge is 0.387 e. The van der Waals surface area contributed by atoms with Gasteiger partial charge in [0.25, 0.3) is 5.78 Å². The van der Waals surface area contributed by atoms with Crippen LogP contribution in [0.5, 0.6) is 5.75 Å². The summed E-state index contributed by atoms with van der Waals surface area (Å²) in [4.78, 5) is 8.77. The van der Waals surface area contributed by atoms with Crippen LogP contribution in [0.3, 0.4) is 0 Å². The molecule has 4 aromatic rings. The third kappa shape index (κ3) is 3.76. The minimum atomic E-state index is -2.87. The fourth-order valence-corrected chi connectivity index (χ4v) is 3.33. The van der Waals surface area contributed by atoms with Crippen LogP contribution in [0.25, 0.3) is 11.5 Å². The Hall–Kier alpha value is -3.15. The Bertz CT molecular complexity index is 1110. The number of hydrogen-bond donors (Lipinski definition) is 0. The Kier molecular flexibility index (Phi) is 4.86. The van der Waals surface area contributed by atoms with Crippen LogP contribution in [-0.4, -0.2) is 46.4 Å². The van der Waals surface area contributed by atoms with Gasteiger partial charge < -0.3 is 4.74 Å². The van der Waals surface area contributed by atoms with Gasteiger partial charge in [0, 0.05) is 11.4 Å². The van der Waals surface area contributed by atoms with E-state index in [0.29, 0.717) is 28.2 Å². The van der Waals surface area contributed by atoms with Gasteiger partial charge >= 0.3 is 6.61 Å². The zero-order valence-electron chi connectivity index (χ0n) is 14.8. The van der Waals surface area contributed by atoms with Crippen molar-refractivity contribution in [1.82, 2.24) is 39.8 Å². The van der Waals surface area contributed by atoms with Gasteiger partial charge in [-0.25, -0.2) is 9.50 Å². The molecule has 3 heterocycles. The first-order valence-corrected chi connectivity index (χ1v) is 9.14. The second-order valence-corrected chi connectivity index (χ2v) is 6.76. The zero-order chi connectivity index (χ0) is 19.7. The van der Waals surface area contributed by atoms with Gasteiger partial charge in [0.05, 0.1) is 11.4 Å². The van der Waals surface area contributed by atoms with Gasteiger partial charge in [-0.2, -0.15) is 18.4 Å². The van der Waals surface area contributed by atoms with Gasteiger partial charge in [-0.15, -0.1) is 10.2 Å². The predicted molar refractivity (Wildman–Crippen MR) is 95.6 cm³/mol. The lowest BCUT2D eigenvalue weighted by molar-refractivity contribution is -0.0498. The molecule has 4 rings (SSSR count). The van der Waals surface area contributed by atoms with Gasteiger partial charge in [0.2, 0.25) is 5.16 Å². The van der Waals surface area contributed by atoms with Gasteiger partial charge in [0.15, 0.2) is 5.82 Å². The van der Waals surface area contributed by atoms with E-state index in [4.69, 9.17) is 0 Å². The summed E-state index contributed by atoms with van der Waals surface area (Å²) < 4.78 is 32.1. The first-order chi connectivity index (χ1) is 13.5. The molecule has 0 radical (unpaired) electrons. The minimum absolute atomic E-state index is 0.0646.